The molecule has 0 aliphatic carbocycles. The Kier molecular flexibility index (Phi) is 3.90. The van der Waals surface area contributed by atoms with Crippen molar-refractivity contribution in [3.8, 4) is 0 Å². The molecule has 0 radical (unpaired) electrons. The Balaban J connectivity index is 2.26. The Labute approximate surface area is 114 Å². The number of hydrogen-bond acceptors (Lipinski definition) is 3. The van der Waals surface area contributed by atoms with E-state index in [2.05, 4.69) is 0 Å². The zero-order valence-electron chi connectivity index (χ0n) is 10.9. The van der Waals surface area contributed by atoms with Gasteiger partial charge in [-0.25, -0.2) is 9.59 Å². The van der Waals surface area contributed by atoms with Crippen molar-refractivity contribution in [3.05, 3.63) is 44.3 Å². The number of carboxylic acids is 1. The highest BCUT2D eigenvalue weighted by atomic mass is 32.1. The molecule has 0 spiro atoms. The SMILES string of the molecule is CCCn1ccn(Cc2cc(C(=O)O)sc2C)c1=O. The van der Waals surface area contributed by atoms with Crippen LogP contribution in [0.2, 0.25) is 0 Å². The fourth-order valence-electron chi connectivity index (χ4n) is 1.95. The standard InChI is InChI=1S/C13H16N2O3S/c1-3-4-14-5-6-15(13(14)18)8-10-7-11(12(16)17)19-9(10)2/h5-7H,3-4,8H2,1-2H3,(H,16,17). The van der Waals surface area contributed by atoms with Crippen LogP contribution in [0.3, 0.4) is 0 Å². The van der Waals surface area contributed by atoms with Gasteiger partial charge in [-0.15, -0.1) is 11.3 Å². The van der Waals surface area contributed by atoms with Crippen LogP contribution in [0.25, 0.3) is 0 Å². The minimum atomic E-state index is -0.921. The van der Waals surface area contributed by atoms with Gasteiger partial charge in [-0.05, 0) is 25.0 Å². The fourth-order valence-corrected chi connectivity index (χ4v) is 2.82. The van der Waals surface area contributed by atoms with Crippen LogP contribution in [-0.2, 0) is 13.1 Å². The summed E-state index contributed by atoms with van der Waals surface area (Å²) in [7, 11) is 0. The van der Waals surface area contributed by atoms with Crippen molar-refractivity contribution in [1.29, 1.82) is 0 Å². The minimum Gasteiger partial charge on any atom is -0.477 e. The summed E-state index contributed by atoms with van der Waals surface area (Å²) in [4.78, 5) is 24.2. The lowest BCUT2D eigenvalue weighted by Gasteiger charge is -2.01. The molecule has 2 aromatic rings. The first-order chi connectivity index (χ1) is 9.02. The third kappa shape index (κ3) is 2.78. The van der Waals surface area contributed by atoms with Crippen molar-refractivity contribution in [3.63, 3.8) is 0 Å². The van der Waals surface area contributed by atoms with Crippen LogP contribution in [0.1, 0.15) is 33.5 Å². The predicted molar refractivity (Wildman–Crippen MR) is 74.1 cm³/mol. The number of carbonyl (C=O) groups is 1. The second-order valence-electron chi connectivity index (χ2n) is 4.40. The number of aryl methyl sites for hydroxylation is 2. The van der Waals surface area contributed by atoms with Crippen LogP contribution in [-0.4, -0.2) is 20.2 Å². The van der Waals surface area contributed by atoms with Crippen LogP contribution >= 0.6 is 11.3 Å². The number of aromatic nitrogens is 2. The van der Waals surface area contributed by atoms with Crippen molar-refractivity contribution < 1.29 is 9.90 Å². The molecule has 0 atom stereocenters. The molecule has 1 N–H and O–H groups in total. The van der Waals surface area contributed by atoms with Gasteiger partial charge in [0.05, 0.1) is 6.54 Å². The monoisotopic (exact) mass is 280 g/mol. The van der Waals surface area contributed by atoms with Gasteiger partial charge in [0.25, 0.3) is 0 Å². The molecule has 0 fully saturated rings. The Morgan fingerprint density at radius 2 is 2.05 bits per heavy atom. The molecule has 2 rings (SSSR count). The zero-order chi connectivity index (χ0) is 14.0. The van der Waals surface area contributed by atoms with Crippen LogP contribution in [0.15, 0.2) is 23.3 Å². The lowest BCUT2D eigenvalue weighted by molar-refractivity contribution is 0.0702. The lowest BCUT2D eigenvalue weighted by atomic mass is 10.2. The summed E-state index contributed by atoms with van der Waals surface area (Å²) in [6, 6.07) is 1.64. The van der Waals surface area contributed by atoms with Crippen molar-refractivity contribution in [2.75, 3.05) is 0 Å². The van der Waals surface area contributed by atoms with E-state index in [0.29, 0.717) is 18.0 Å². The highest BCUT2D eigenvalue weighted by molar-refractivity contribution is 7.14. The topological polar surface area (TPSA) is 64.2 Å². The Morgan fingerprint density at radius 3 is 2.63 bits per heavy atom. The van der Waals surface area contributed by atoms with Crippen LogP contribution in [0.4, 0.5) is 0 Å². The summed E-state index contributed by atoms with van der Waals surface area (Å²) < 4.78 is 3.27. The zero-order valence-corrected chi connectivity index (χ0v) is 11.7. The summed E-state index contributed by atoms with van der Waals surface area (Å²) in [5, 5.41) is 8.96. The van der Waals surface area contributed by atoms with Gasteiger partial charge in [-0.1, -0.05) is 6.92 Å². The molecule has 6 heteroatoms. The molecule has 0 aromatic carbocycles. The number of carboxylic acid groups (broad SMARTS) is 1. The van der Waals surface area contributed by atoms with E-state index >= 15 is 0 Å². The van der Waals surface area contributed by atoms with E-state index in [1.54, 1.807) is 27.6 Å². The molecule has 0 aliphatic rings. The first-order valence-electron chi connectivity index (χ1n) is 6.11. The summed E-state index contributed by atoms with van der Waals surface area (Å²) >= 11 is 1.24. The highest BCUT2D eigenvalue weighted by Gasteiger charge is 2.12. The molecule has 102 valence electrons. The molecular weight excluding hydrogens is 264 g/mol. The fraction of sp³-hybridized carbons (Fsp3) is 0.385. The van der Waals surface area contributed by atoms with E-state index in [4.69, 9.17) is 5.11 Å². The number of rotatable bonds is 5. The predicted octanol–water partition coefficient (Wildman–Crippen LogP) is 2.18. The Morgan fingerprint density at radius 1 is 1.37 bits per heavy atom. The maximum atomic E-state index is 12.0. The average molecular weight is 280 g/mol. The summed E-state index contributed by atoms with van der Waals surface area (Å²) in [5.41, 5.74) is 0.836. The quantitative estimate of drug-likeness (QED) is 0.913. The molecule has 0 bridgehead atoms. The van der Waals surface area contributed by atoms with Gasteiger partial charge >= 0.3 is 11.7 Å². The molecule has 0 saturated carbocycles. The molecular formula is C13H16N2O3S. The third-order valence-electron chi connectivity index (χ3n) is 2.95. The van der Waals surface area contributed by atoms with Crippen LogP contribution < -0.4 is 5.69 Å². The van der Waals surface area contributed by atoms with Crippen molar-refractivity contribution in [2.24, 2.45) is 0 Å². The molecule has 2 aromatic heterocycles. The largest absolute Gasteiger partial charge is 0.477 e. The molecule has 0 aliphatic heterocycles. The van der Waals surface area contributed by atoms with Crippen molar-refractivity contribution in [2.45, 2.75) is 33.4 Å². The maximum absolute atomic E-state index is 12.0. The summed E-state index contributed by atoms with van der Waals surface area (Å²) in [5.74, 6) is -0.921. The van der Waals surface area contributed by atoms with Gasteiger partial charge in [-0.3, -0.25) is 9.13 Å². The first kappa shape index (κ1) is 13.6. The second-order valence-corrected chi connectivity index (χ2v) is 5.66. The maximum Gasteiger partial charge on any atom is 0.345 e. The minimum absolute atomic E-state index is 0.0516. The molecule has 0 unspecified atom stereocenters. The van der Waals surface area contributed by atoms with Crippen molar-refractivity contribution >= 4 is 17.3 Å². The van der Waals surface area contributed by atoms with E-state index in [1.165, 1.54) is 11.3 Å². The Hall–Kier alpha value is -1.82. The van der Waals surface area contributed by atoms with Crippen molar-refractivity contribution in [1.82, 2.24) is 9.13 Å². The molecule has 0 saturated heterocycles. The van der Waals surface area contributed by atoms with Gasteiger partial charge in [0.2, 0.25) is 0 Å². The molecule has 5 nitrogen and oxygen atoms in total. The van der Waals surface area contributed by atoms with Gasteiger partial charge in [0.15, 0.2) is 0 Å². The number of nitrogens with zero attached hydrogens (tertiary/aromatic N) is 2. The third-order valence-corrected chi connectivity index (χ3v) is 4.04. The van der Waals surface area contributed by atoms with E-state index in [1.807, 2.05) is 13.8 Å². The first-order valence-corrected chi connectivity index (χ1v) is 6.92. The smallest absolute Gasteiger partial charge is 0.345 e. The van der Waals surface area contributed by atoms with E-state index in [9.17, 15) is 9.59 Å². The number of hydrogen-bond donors (Lipinski definition) is 1. The lowest BCUT2D eigenvalue weighted by Crippen LogP contribution is -2.24. The van der Waals surface area contributed by atoms with Gasteiger partial charge in [0.1, 0.15) is 4.88 Å². The average Bonchev–Trinajstić information content (AvgIpc) is 2.88. The van der Waals surface area contributed by atoms with Crippen LogP contribution in [0.5, 0.6) is 0 Å². The van der Waals surface area contributed by atoms with Crippen LogP contribution in [0, 0.1) is 6.92 Å². The van der Waals surface area contributed by atoms with E-state index < -0.39 is 5.97 Å². The number of aromatic carboxylic acids is 1. The highest BCUT2D eigenvalue weighted by Crippen LogP contribution is 2.22. The number of imidazole rings is 1. The van der Waals surface area contributed by atoms with Gasteiger partial charge in [-0.2, -0.15) is 0 Å². The molecule has 0 amide bonds. The summed E-state index contributed by atoms with van der Waals surface area (Å²) in [6.45, 7) is 5.02. The molecule has 19 heavy (non-hydrogen) atoms. The van der Waals surface area contributed by atoms with Gasteiger partial charge < -0.3 is 5.11 Å². The van der Waals surface area contributed by atoms with Gasteiger partial charge in [0, 0.05) is 23.8 Å². The number of thiophene rings is 1. The second kappa shape index (κ2) is 5.44. The van der Waals surface area contributed by atoms with E-state index in [0.717, 1.165) is 16.9 Å². The Bertz CT molecular complexity index is 651. The normalized spacial score (nSPS) is 10.8. The molecule has 2 heterocycles. The summed E-state index contributed by atoms with van der Waals surface area (Å²) in [6.07, 6.45) is 4.42. The van der Waals surface area contributed by atoms with E-state index in [-0.39, 0.29) is 5.69 Å².